The minimum atomic E-state index is -0.800. The van der Waals surface area contributed by atoms with Crippen LogP contribution < -0.4 is 0 Å². The van der Waals surface area contributed by atoms with E-state index in [4.69, 9.17) is 14.2 Å². The maximum atomic E-state index is 13.0. The summed E-state index contributed by atoms with van der Waals surface area (Å²) in [5, 5.41) is 0. The van der Waals surface area contributed by atoms with Gasteiger partial charge in [-0.05, 0) is 103 Å². The molecule has 0 N–H and O–H groups in total. The number of carbonyl (C=O) groups excluding carboxylic acids is 3. The summed E-state index contributed by atoms with van der Waals surface area (Å²) in [6.07, 6.45) is 95.4. The first-order valence-electron chi connectivity index (χ1n) is 34.9. The standard InChI is InChI=1S/C76H130O6/c1-4-7-10-13-16-19-22-25-28-30-32-34-36-38-40-42-44-46-48-51-54-57-60-63-66-69-75(78)81-72-73(71-80-74(77)68-65-62-59-56-53-50-27-24-21-18-15-12-9-6-3)82-76(79)70-67-64-61-58-55-52-49-47-45-43-41-39-37-35-33-31-29-26-23-20-17-14-11-8-5-2/h7,10,15-16,18-19,24-25,27-28,32,34,38,40,44,46,51,54,73H,4-6,8-9,11-14,17,20-23,26,29-31,33,35-37,39,41-43,45,47-50,52-53,55-72H2,1-3H3/b10-7-,18-15-,19-16-,27-24-,28-25-,34-32-,40-38-,46-44-,54-51-. The lowest BCUT2D eigenvalue weighted by molar-refractivity contribution is -0.167. The Bertz CT molecular complexity index is 1640. The van der Waals surface area contributed by atoms with E-state index >= 15 is 0 Å². The van der Waals surface area contributed by atoms with Gasteiger partial charge in [0.05, 0.1) is 0 Å². The summed E-state index contributed by atoms with van der Waals surface area (Å²) >= 11 is 0. The Labute approximate surface area is 508 Å². The van der Waals surface area contributed by atoms with Crippen LogP contribution in [0.25, 0.3) is 0 Å². The van der Waals surface area contributed by atoms with Crippen molar-refractivity contribution in [2.24, 2.45) is 0 Å². The smallest absolute Gasteiger partial charge is 0.306 e. The summed E-state index contributed by atoms with van der Waals surface area (Å²) in [7, 11) is 0. The summed E-state index contributed by atoms with van der Waals surface area (Å²) in [4.78, 5) is 38.4. The molecule has 0 fully saturated rings. The number of hydrogen-bond donors (Lipinski definition) is 0. The van der Waals surface area contributed by atoms with Crippen LogP contribution in [-0.4, -0.2) is 37.2 Å². The van der Waals surface area contributed by atoms with E-state index in [0.29, 0.717) is 19.3 Å². The molecule has 0 aliphatic heterocycles. The monoisotopic (exact) mass is 1140 g/mol. The fourth-order valence-electron chi connectivity index (χ4n) is 9.79. The van der Waals surface area contributed by atoms with E-state index in [0.717, 1.165) is 135 Å². The van der Waals surface area contributed by atoms with Gasteiger partial charge in [-0.1, -0.05) is 323 Å². The van der Waals surface area contributed by atoms with Crippen LogP contribution in [0.15, 0.2) is 109 Å². The highest BCUT2D eigenvalue weighted by Gasteiger charge is 2.19. The zero-order chi connectivity index (χ0) is 59.2. The first-order chi connectivity index (χ1) is 40.5. The summed E-state index contributed by atoms with van der Waals surface area (Å²) in [6.45, 7) is 6.49. The molecule has 0 aliphatic rings. The molecule has 0 bridgehead atoms. The van der Waals surface area contributed by atoms with Crippen molar-refractivity contribution >= 4 is 17.9 Å². The van der Waals surface area contributed by atoms with Crippen molar-refractivity contribution in [3.8, 4) is 0 Å². The Balaban J connectivity index is 4.38. The van der Waals surface area contributed by atoms with Gasteiger partial charge in [0.2, 0.25) is 0 Å². The van der Waals surface area contributed by atoms with Gasteiger partial charge >= 0.3 is 17.9 Å². The van der Waals surface area contributed by atoms with Gasteiger partial charge in [0.15, 0.2) is 6.10 Å². The van der Waals surface area contributed by atoms with Crippen molar-refractivity contribution in [3.63, 3.8) is 0 Å². The molecule has 1 atom stereocenters. The highest BCUT2D eigenvalue weighted by molar-refractivity contribution is 5.71. The number of hydrogen-bond acceptors (Lipinski definition) is 6. The molecule has 6 nitrogen and oxygen atoms in total. The van der Waals surface area contributed by atoms with Crippen molar-refractivity contribution in [2.75, 3.05) is 13.2 Å². The fraction of sp³-hybridized carbons (Fsp3) is 0.724. The van der Waals surface area contributed by atoms with Gasteiger partial charge in [0.25, 0.3) is 0 Å². The molecule has 0 rings (SSSR count). The van der Waals surface area contributed by atoms with E-state index in [1.54, 1.807) is 0 Å². The maximum absolute atomic E-state index is 13.0. The Hall–Kier alpha value is -3.93. The van der Waals surface area contributed by atoms with Crippen LogP contribution in [0.2, 0.25) is 0 Å². The number of allylic oxidation sites excluding steroid dienone is 18. The Morgan fingerprint density at radius 3 is 0.793 bits per heavy atom. The van der Waals surface area contributed by atoms with E-state index in [1.165, 1.54) is 161 Å². The number of esters is 3. The minimum Gasteiger partial charge on any atom is -0.462 e. The van der Waals surface area contributed by atoms with E-state index < -0.39 is 6.10 Å². The van der Waals surface area contributed by atoms with Crippen molar-refractivity contribution in [1.82, 2.24) is 0 Å². The minimum absolute atomic E-state index is 0.0949. The zero-order valence-electron chi connectivity index (χ0n) is 54.0. The van der Waals surface area contributed by atoms with E-state index in [9.17, 15) is 14.4 Å². The van der Waals surface area contributed by atoms with Crippen molar-refractivity contribution < 1.29 is 28.6 Å². The van der Waals surface area contributed by atoms with Crippen LogP contribution in [0.4, 0.5) is 0 Å². The summed E-state index contributed by atoms with van der Waals surface area (Å²) < 4.78 is 16.9. The lowest BCUT2D eigenvalue weighted by Crippen LogP contribution is -2.30. The normalized spacial score (nSPS) is 12.8. The molecule has 0 aromatic heterocycles. The molecule has 6 heteroatoms. The highest BCUT2D eigenvalue weighted by Crippen LogP contribution is 2.17. The lowest BCUT2D eigenvalue weighted by Gasteiger charge is -2.18. The molecule has 0 spiro atoms. The second-order valence-corrected chi connectivity index (χ2v) is 23.1. The Morgan fingerprint density at radius 2 is 0.488 bits per heavy atom. The molecule has 0 saturated heterocycles. The molecular weight excluding hydrogens is 1010 g/mol. The molecule has 0 aliphatic carbocycles. The number of carbonyl (C=O) groups is 3. The van der Waals surface area contributed by atoms with Gasteiger partial charge in [0.1, 0.15) is 13.2 Å². The molecule has 0 aromatic carbocycles. The first-order valence-corrected chi connectivity index (χ1v) is 34.9. The molecule has 82 heavy (non-hydrogen) atoms. The predicted molar refractivity (Wildman–Crippen MR) is 357 cm³/mol. The van der Waals surface area contributed by atoms with Crippen molar-refractivity contribution in [1.29, 1.82) is 0 Å². The van der Waals surface area contributed by atoms with Gasteiger partial charge in [-0.15, -0.1) is 0 Å². The van der Waals surface area contributed by atoms with Gasteiger partial charge in [-0.3, -0.25) is 14.4 Å². The third-order valence-electron chi connectivity index (χ3n) is 15.0. The zero-order valence-corrected chi connectivity index (χ0v) is 54.0. The third-order valence-corrected chi connectivity index (χ3v) is 15.0. The van der Waals surface area contributed by atoms with E-state index in [-0.39, 0.29) is 31.1 Å². The number of rotatable bonds is 63. The molecule has 0 saturated carbocycles. The Kier molecular flexibility index (Phi) is 66.2. The fourth-order valence-corrected chi connectivity index (χ4v) is 9.79. The highest BCUT2D eigenvalue weighted by atomic mass is 16.6. The summed E-state index contributed by atoms with van der Waals surface area (Å²) in [5.74, 6) is -0.928. The number of ether oxygens (including phenoxy) is 3. The van der Waals surface area contributed by atoms with Crippen LogP contribution in [0.3, 0.4) is 0 Å². The molecule has 1 unspecified atom stereocenters. The SMILES string of the molecule is CC/C=C\C/C=C\C/C=C\C/C=C\C/C=C\C/C=C\C/C=C\CCCCCC(=O)OCC(COC(=O)CCCCCCC/C=C\C/C=C\CCCC)OC(=O)CCCCCCCCCCCCCCCCCCCCCCCCCCC. The van der Waals surface area contributed by atoms with Crippen LogP contribution in [-0.2, 0) is 28.6 Å². The van der Waals surface area contributed by atoms with Crippen LogP contribution >= 0.6 is 0 Å². The number of unbranched alkanes of at least 4 members (excludes halogenated alkanes) is 34. The van der Waals surface area contributed by atoms with Crippen LogP contribution in [0.5, 0.6) is 0 Å². The van der Waals surface area contributed by atoms with Gasteiger partial charge in [0, 0.05) is 19.3 Å². The quantitative estimate of drug-likeness (QED) is 0.0261. The van der Waals surface area contributed by atoms with Crippen LogP contribution in [0, 0.1) is 0 Å². The average molecular weight is 1140 g/mol. The molecular formula is C76H130O6. The van der Waals surface area contributed by atoms with Crippen LogP contribution in [0.1, 0.15) is 335 Å². The molecule has 0 heterocycles. The average Bonchev–Trinajstić information content (AvgIpc) is 3.47. The molecule has 470 valence electrons. The largest absolute Gasteiger partial charge is 0.462 e. The summed E-state index contributed by atoms with van der Waals surface area (Å²) in [5.41, 5.74) is 0. The van der Waals surface area contributed by atoms with Gasteiger partial charge in [-0.2, -0.15) is 0 Å². The van der Waals surface area contributed by atoms with E-state index in [1.807, 2.05) is 0 Å². The van der Waals surface area contributed by atoms with Gasteiger partial charge < -0.3 is 14.2 Å². The van der Waals surface area contributed by atoms with E-state index in [2.05, 4.69) is 130 Å². The summed E-state index contributed by atoms with van der Waals surface area (Å²) in [6, 6.07) is 0. The lowest BCUT2D eigenvalue weighted by atomic mass is 10.0. The molecule has 0 aromatic rings. The second kappa shape index (κ2) is 69.6. The molecule has 0 amide bonds. The first kappa shape index (κ1) is 78.1. The van der Waals surface area contributed by atoms with Crippen molar-refractivity contribution in [2.45, 2.75) is 341 Å². The third kappa shape index (κ3) is 66.9. The molecule has 0 radical (unpaired) electrons. The van der Waals surface area contributed by atoms with Gasteiger partial charge in [-0.25, -0.2) is 0 Å². The second-order valence-electron chi connectivity index (χ2n) is 23.1. The van der Waals surface area contributed by atoms with Crippen molar-refractivity contribution in [3.05, 3.63) is 109 Å². The Morgan fingerprint density at radius 1 is 0.256 bits per heavy atom. The topological polar surface area (TPSA) is 78.9 Å². The maximum Gasteiger partial charge on any atom is 0.306 e. The predicted octanol–water partition coefficient (Wildman–Crippen LogP) is 24.2.